The zero-order valence-electron chi connectivity index (χ0n) is 7.25. The molecule has 4 atom stereocenters. The minimum absolute atomic E-state index is 0.0816. The highest BCUT2D eigenvalue weighted by molar-refractivity contribution is 4.97. The van der Waals surface area contributed by atoms with E-state index in [1.54, 1.807) is 0 Å². The van der Waals surface area contributed by atoms with E-state index in [1.807, 2.05) is 0 Å². The Morgan fingerprint density at radius 2 is 2.00 bits per heavy atom. The van der Waals surface area contributed by atoms with Gasteiger partial charge < -0.3 is 15.3 Å². The SMILES string of the molecule is C[C@]1(O)[C@@H]([N+](=O)[O-])CC[C@@H](O)[C@@H]1O. The summed E-state index contributed by atoms with van der Waals surface area (Å²) in [6.07, 6.45) is -2.30. The molecule has 13 heavy (non-hydrogen) atoms. The summed E-state index contributed by atoms with van der Waals surface area (Å²) in [6, 6.07) is -1.20. The molecule has 1 aliphatic rings. The highest BCUT2D eigenvalue weighted by Gasteiger charge is 2.52. The highest BCUT2D eigenvalue weighted by atomic mass is 16.6. The summed E-state index contributed by atoms with van der Waals surface area (Å²) >= 11 is 0. The monoisotopic (exact) mass is 191 g/mol. The van der Waals surface area contributed by atoms with Crippen LogP contribution in [0, 0.1) is 10.1 Å². The molecule has 0 aromatic rings. The molecule has 0 saturated heterocycles. The topological polar surface area (TPSA) is 104 Å². The summed E-state index contributed by atoms with van der Waals surface area (Å²) in [7, 11) is 0. The van der Waals surface area contributed by atoms with Gasteiger partial charge in [-0.2, -0.15) is 0 Å². The zero-order chi connectivity index (χ0) is 10.2. The van der Waals surface area contributed by atoms with Gasteiger partial charge in [0.15, 0.2) is 5.60 Å². The molecular weight excluding hydrogens is 178 g/mol. The van der Waals surface area contributed by atoms with Crippen LogP contribution in [-0.2, 0) is 0 Å². The molecule has 6 heteroatoms. The average Bonchev–Trinajstić information content (AvgIpc) is 1.99. The molecule has 0 heterocycles. The average molecular weight is 191 g/mol. The number of aliphatic hydroxyl groups excluding tert-OH is 2. The molecule has 1 fully saturated rings. The summed E-state index contributed by atoms with van der Waals surface area (Å²) in [5.41, 5.74) is -1.85. The van der Waals surface area contributed by atoms with E-state index in [1.165, 1.54) is 6.92 Å². The van der Waals surface area contributed by atoms with E-state index >= 15 is 0 Å². The van der Waals surface area contributed by atoms with Crippen molar-refractivity contribution in [2.75, 3.05) is 0 Å². The Morgan fingerprint density at radius 3 is 2.46 bits per heavy atom. The lowest BCUT2D eigenvalue weighted by Gasteiger charge is -2.38. The van der Waals surface area contributed by atoms with Crippen LogP contribution in [-0.4, -0.2) is 44.1 Å². The first-order valence-electron chi connectivity index (χ1n) is 4.09. The van der Waals surface area contributed by atoms with E-state index < -0.39 is 28.8 Å². The van der Waals surface area contributed by atoms with Crippen LogP contribution in [0.1, 0.15) is 19.8 Å². The summed E-state index contributed by atoms with van der Waals surface area (Å²) in [5, 5.41) is 38.6. The Kier molecular flexibility index (Phi) is 2.56. The van der Waals surface area contributed by atoms with Gasteiger partial charge in [-0.15, -0.1) is 0 Å². The summed E-state index contributed by atoms with van der Waals surface area (Å²) < 4.78 is 0. The standard InChI is InChI=1S/C7H13NO5/c1-7(11)5(8(12)13)3-2-4(9)6(7)10/h4-6,9-11H,2-3H2,1H3/t4-,5+,6+,7+/m1/s1. The molecule has 0 aromatic heterocycles. The lowest BCUT2D eigenvalue weighted by atomic mass is 9.78. The third kappa shape index (κ3) is 1.65. The van der Waals surface area contributed by atoms with Gasteiger partial charge in [0.1, 0.15) is 6.10 Å². The third-order valence-corrected chi connectivity index (χ3v) is 2.63. The second-order valence-electron chi connectivity index (χ2n) is 3.62. The number of rotatable bonds is 1. The predicted molar refractivity (Wildman–Crippen MR) is 42.7 cm³/mol. The predicted octanol–water partition coefficient (Wildman–Crippen LogP) is -1.10. The van der Waals surface area contributed by atoms with Gasteiger partial charge in [0.2, 0.25) is 6.04 Å². The van der Waals surface area contributed by atoms with Gasteiger partial charge >= 0.3 is 0 Å². The normalized spacial score (nSPS) is 46.0. The maximum absolute atomic E-state index is 10.5. The van der Waals surface area contributed by atoms with Crippen LogP contribution in [0.4, 0.5) is 0 Å². The minimum Gasteiger partial charge on any atom is -0.390 e. The molecule has 1 saturated carbocycles. The Bertz CT molecular complexity index is 217. The molecule has 3 N–H and O–H groups in total. The van der Waals surface area contributed by atoms with Crippen LogP contribution in [0.15, 0.2) is 0 Å². The van der Waals surface area contributed by atoms with E-state index in [0.29, 0.717) is 0 Å². The Labute approximate surface area is 75.0 Å². The number of hydrogen-bond acceptors (Lipinski definition) is 5. The van der Waals surface area contributed by atoms with Gasteiger partial charge in [-0.25, -0.2) is 0 Å². The molecule has 0 aromatic carbocycles. The van der Waals surface area contributed by atoms with Crippen LogP contribution in [0.3, 0.4) is 0 Å². The van der Waals surface area contributed by atoms with Crippen molar-refractivity contribution >= 4 is 0 Å². The van der Waals surface area contributed by atoms with E-state index in [-0.39, 0.29) is 12.8 Å². The second kappa shape index (κ2) is 3.21. The van der Waals surface area contributed by atoms with Gasteiger partial charge in [-0.3, -0.25) is 10.1 Å². The molecule has 1 aliphatic carbocycles. The molecule has 76 valence electrons. The minimum atomic E-state index is -1.85. The summed E-state index contributed by atoms with van der Waals surface area (Å²) in [6.45, 7) is 1.17. The zero-order valence-corrected chi connectivity index (χ0v) is 7.25. The molecule has 0 spiro atoms. The van der Waals surface area contributed by atoms with Crippen LogP contribution >= 0.6 is 0 Å². The lowest BCUT2D eigenvalue weighted by molar-refractivity contribution is -0.554. The fraction of sp³-hybridized carbons (Fsp3) is 1.00. The summed E-state index contributed by atoms with van der Waals surface area (Å²) in [5.74, 6) is 0. The maximum atomic E-state index is 10.5. The molecule has 1 rings (SSSR count). The maximum Gasteiger partial charge on any atom is 0.243 e. The van der Waals surface area contributed by atoms with Crippen molar-refractivity contribution in [2.24, 2.45) is 0 Å². The van der Waals surface area contributed by atoms with E-state index in [4.69, 9.17) is 0 Å². The number of nitrogens with zero attached hydrogens (tertiary/aromatic N) is 1. The van der Waals surface area contributed by atoms with Crippen LogP contribution in [0.2, 0.25) is 0 Å². The fourth-order valence-corrected chi connectivity index (χ4v) is 1.68. The first kappa shape index (κ1) is 10.4. The quantitative estimate of drug-likeness (QED) is 0.360. The van der Waals surface area contributed by atoms with Crippen LogP contribution < -0.4 is 0 Å². The van der Waals surface area contributed by atoms with Gasteiger partial charge in [0, 0.05) is 11.3 Å². The lowest BCUT2D eigenvalue weighted by Crippen LogP contribution is -2.60. The smallest absolute Gasteiger partial charge is 0.243 e. The van der Waals surface area contributed by atoms with Crippen molar-refractivity contribution in [1.82, 2.24) is 0 Å². The first-order valence-corrected chi connectivity index (χ1v) is 4.09. The number of hydrogen-bond donors (Lipinski definition) is 3. The van der Waals surface area contributed by atoms with E-state index in [0.717, 1.165) is 0 Å². The second-order valence-corrected chi connectivity index (χ2v) is 3.62. The highest BCUT2D eigenvalue weighted by Crippen LogP contribution is 2.30. The van der Waals surface area contributed by atoms with Crippen molar-refractivity contribution < 1.29 is 20.2 Å². The van der Waals surface area contributed by atoms with Crippen molar-refractivity contribution in [3.63, 3.8) is 0 Å². The largest absolute Gasteiger partial charge is 0.390 e. The van der Waals surface area contributed by atoms with Gasteiger partial charge in [-0.1, -0.05) is 0 Å². The molecule has 0 radical (unpaired) electrons. The van der Waals surface area contributed by atoms with Crippen molar-refractivity contribution in [3.05, 3.63) is 10.1 Å². The van der Waals surface area contributed by atoms with E-state index in [9.17, 15) is 25.4 Å². The number of nitro groups is 1. The molecule has 0 aliphatic heterocycles. The van der Waals surface area contributed by atoms with Crippen LogP contribution in [0.5, 0.6) is 0 Å². The molecule has 6 nitrogen and oxygen atoms in total. The van der Waals surface area contributed by atoms with Crippen molar-refractivity contribution in [3.8, 4) is 0 Å². The molecule has 0 amide bonds. The van der Waals surface area contributed by atoms with E-state index in [2.05, 4.69) is 0 Å². The van der Waals surface area contributed by atoms with Crippen LogP contribution in [0.25, 0.3) is 0 Å². The third-order valence-electron chi connectivity index (χ3n) is 2.63. The molecule has 0 bridgehead atoms. The van der Waals surface area contributed by atoms with Gasteiger partial charge in [0.25, 0.3) is 0 Å². The van der Waals surface area contributed by atoms with Gasteiger partial charge in [0.05, 0.1) is 6.10 Å². The Balaban J connectivity index is 2.85. The Hall–Kier alpha value is -0.720. The first-order chi connectivity index (χ1) is 5.87. The summed E-state index contributed by atoms with van der Waals surface area (Å²) in [4.78, 5) is 9.86. The Morgan fingerprint density at radius 1 is 1.46 bits per heavy atom. The molecular formula is C7H13NO5. The fourth-order valence-electron chi connectivity index (χ4n) is 1.68. The van der Waals surface area contributed by atoms with Gasteiger partial charge in [-0.05, 0) is 13.3 Å². The molecule has 0 unspecified atom stereocenters. The van der Waals surface area contributed by atoms with Crippen molar-refractivity contribution in [2.45, 2.75) is 43.6 Å². The number of aliphatic hydroxyl groups is 3. The van der Waals surface area contributed by atoms with Crippen molar-refractivity contribution in [1.29, 1.82) is 0 Å².